The predicted octanol–water partition coefficient (Wildman–Crippen LogP) is -4.96. The number of carbonyl (C=O) groups is 1. The molecule has 0 spiro atoms. The van der Waals surface area contributed by atoms with Gasteiger partial charge in [0.15, 0.2) is 6.10 Å². The van der Waals surface area contributed by atoms with E-state index in [4.69, 9.17) is 12.9 Å². The smallest absolute Gasteiger partial charge is 0.367 e. The Morgan fingerprint density at radius 3 is 1.48 bits per heavy atom. The summed E-state index contributed by atoms with van der Waals surface area (Å²) in [6, 6.07) is 0. The predicted molar refractivity (Wildman–Crippen MR) is 92.4 cm³/mol. The Morgan fingerprint density at radius 2 is 1.06 bits per heavy atom. The van der Waals surface area contributed by atoms with Crippen molar-refractivity contribution in [1.82, 2.24) is 0 Å². The van der Waals surface area contributed by atoms with Crippen LogP contribution in [0.2, 0.25) is 0 Å². The highest BCUT2D eigenvalue weighted by atomic mass is 32.3. The molecule has 0 unspecified atom stereocenters. The van der Waals surface area contributed by atoms with Crippen LogP contribution in [0.25, 0.3) is 7.16 Å². The molecule has 0 rings (SSSR count). The first-order valence-corrected chi connectivity index (χ1v) is 13.4. The lowest BCUT2D eigenvalue weighted by Gasteiger charge is -2.32. The van der Waals surface area contributed by atoms with Gasteiger partial charge in [0.25, 0.3) is 5.91 Å². The Balaban J connectivity index is 7.36. The Morgan fingerprint density at radius 1 is 0.667 bits per heavy atom. The first-order valence-electron chi connectivity index (χ1n) is 8.80. The van der Waals surface area contributed by atoms with Gasteiger partial charge in [-0.1, -0.05) is 0 Å². The molecule has 198 valence electrons. The van der Waals surface area contributed by atoms with Gasteiger partial charge in [-0.2, -0.15) is 42.1 Å². The lowest BCUT2D eigenvalue weighted by molar-refractivity contribution is -0.136. The van der Waals surface area contributed by atoms with Gasteiger partial charge in [-0.3, -0.25) is 27.6 Å². The van der Waals surface area contributed by atoms with E-state index in [0.717, 1.165) is 0 Å². The number of hydrogen-bond donors (Lipinski definition) is 6. The monoisotopic (exact) mass is 600 g/mol. The Labute approximate surface area is 192 Å². The molecule has 0 aromatic heterocycles. The van der Waals surface area contributed by atoms with Crippen molar-refractivity contribution in [3.05, 3.63) is 0 Å². The second kappa shape index (κ2) is 11.0. The zero-order valence-corrected chi connectivity index (χ0v) is 18.8. The van der Waals surface area contributed by atoms with Crippen molar-refractivity contribution in [3.63, 3.8) is 0 Å². The number of nitrogens with two attached hydrogens (primary N) is 1. The van der Waals surface area contributed by atoms with Crippen molar-refractivity contribution >= 4 is 57.9 Å². The van der Waals surface area contributed by atoms with Gasteiger partial charge in [0.2, 0.25) is 7.16 Å². The molecule has 27 heteroatoms. The third-order valence-corrected chi connectivity index (χ3v) is 4.83. The van der Waals surface area contributed by atoms with E-state index in [1.807, 2.05) is 0 Å². The van der Waals surface area contributed by atoms with E-state index in [-0.39, 0.29) is 0 Å². The minimum atomic E-state index is -5.86. The fourth-order valence-electron chi connectivity index (χ4n) is 1.75. The largest absolute Gasteiger partial charge is 0.398 e. The van der Waals surface area contributed by atoms with Gasteiger partial charge >= 0.3 is 52.0 Å². The molecule has 1 amide bonds. The van der Waals surface area contributed by atoms with Crippen molar-refractivity contribution in [2.45, 2.75) is 24.4 Å². The molecule has 4 atom stereocenters. The van der Waals surface area contributed by atoms with Crippen LogP contribution in [-0.2, 0) is 77.7 Å². The average Bonchev–Trinajstić information content (AvgIpc) is 2.82. The molecular formula is C6H13NO21S5. The Hall–Kier alpha value is -1.18. The maximum Gasteiger partial charge on any atom is 0.398 e. The molecule has 0 bridgehead atoms. The van der Waals surface area contributed by atoms with Crippen LogP contribution in [0.5, 0.6) is 0 Å². The van der Waals surface area contributed by atoms with Crippen LogP contribution in [0.15, 0.2) is 0 Å². The normalized spacial score (nSPS) is 19.7. The standard InChI is InChI=1S/C6H13NO21S5/c7-6(8)5(28-33(21,22)23)4(27-32(18,19)20)3(26-31(15,16)17)2(25-30(12,13)14)1-24-29(9,10)11/h2-5H,1H2,(H2,7,8)(H,9,10,11)(H,12,13,14)(H,15,16,17)(H,18,19,20)(H,21,22,23)/t2-,3+,4+,5-/m1/s1/i/hD5. The van der Waals surface area contributed by atoms with Gasteiger partial charge in [0, 0.05) is 0 Å². The summed E-state index contributed by atoms with van der Waals surface area (Å²) in [4.78, 5) is 11.9. The van der Waals surface area contributed by atoms with E-state index in [1.54, 1.807) is 0 Å². The third-order valence-electron chi connectivity index (χ3n) is 2.57. The van der Waals surface area contributed by atoms with Gasteiger partial charge in [0.1, 0.15) is 18.3 Å². The van der Waals surface area contributed by atoms with E-state index >= 15 is 0 Å². The minimum absolute atomic E-state index is 1.99. The summed E-state index contributed by atoms with van der Waals surface area (Å²) in [5.74, 6) is -2.19. The molecule has 0 saturated heterocycles. The fourth-order valence-corrected chi connectivity index (χ4v) is 3.96. The lowest BCUT2D eigenvalue weighted by atomic mass is 10.0. The van der Waals surface area contributed by atoms with Crippen LogP contribution in [0.1, 0.15) is 0 Å². The SMILES string of the molecule is [2H]OS(=O)(=O)OC[C@@H](OS(=O)(=O)O[2H])[C@H](OS(=O)(=O)O[2H])[C@H](OS(=O)(=O)O[2H])[C@@H](OS(=O)(=O)O[2H])C(N)=O. The molecule has 0 aromatic rings. The second-order valence-corrected chi connectivity index (χ2v) is 10.1. The second-order valence-electron chi connectivity index (χ2n) is 5.00. The molecule has 7 N–H and O–H groups in total. The van der Waals surface area contributed by atoms with Crippen molar-refractivity contribution in [1.29, 1.82) is 7.16 Å². The summed E-state index contributed by atoms with van der Waals surface area (Å²) in [6.45, 7) is -1.99. The highest BCUT2D eigenvalue weighted by Gasteiger charge is 2.48. The summed E-state index contributed by atoms with van der Waals surface area (Å²) in [7, 11) is -28.6. The highest BCUT2D eigenvalue weighted by Crippen LogP contribution is 2.23. The van der Waals surface area contributed by atoms with Crippen LogP contribution in [0.3, 0.4) is 0 Å². The Bertz CT molecular complexity index is 1330. The van der Waals surface area contributed by atoms with E-state index in [1.165, 1.54) is 0 Å². The highest BCUT2D eigenvalue weighted by molar-refractivity contribution is 7.82. The third kappa shape index (κ3) is 15.4. The van der Waals surface area contributed by atoms with Crippen molar-refractivity contribution in [3.8, 4) is 0 Å². The number of primary amides is 1. The maximum absolute atomic E-state index is 11.9. The van der Waals surface area contributed by atoms with Gasteiger partial charge < -0.3 is 5.73 Å². The number of amides is 1. The first kappa shape index (κ1) is 23.6. The molecule has 0 aliphatic heterocycles. The van der Waals surface area contributed by atoms with Gasteiger partial charge in [0.05, 0.1) is 6.61 Å². The van der Waals surface area contributed by atoms with Crippen molar-refractivity contribution < 1.29 is 90.6 Å². The topological polar surface area (TPSA) is 361 Å². The molecule has 0 fully saturated rings. The van der Waals surface area contributed by atoms with Crippen LogP contribution in [0.4, 0.5) is 0 Å². The van der Waals surface area contributed by atoms with Gasteiger partial charge in [-0.05, 0) is 0 Å². The summed E-state index contributed by atoms with van der Waals surface area (Å²) < 4.78 is 183. The van der Waals surface area contributed by atoms with Crippen LogP contribution in [0, 0.1) is 0 Å². The molecule has 33 heavy (non-hydrogen) atoms. The van der Waals surface area contributed by atoms with E-state index in [2.05, 4.69) is 43.7 Å². The molecule has 0 aromatic carbocycles. The first-order chi connectivity index (χ1) is 17.1. The van der Waals surface area contributed by atoms with Crippen LogP contribution < -0.4 is 5.73 Å². The zero-order valence-electron chi connectivity index (χ0n) is 19.7. The molecule has 0 aliphatic carbocycles. The molecule has 0 aliphatic rings. The molecule has 0 heterocycles. The van der Waals surface area contributed by atoms with E-state index in [0.29, 0.717) is 0 Å². The quantitative estimate of drug-likeness (QED) is 0.0712. The van der Waals surface area contributed by atoms with E-state index < -0.39 is 88.9 Å². The fraction of sp³-hybridized carbons (Fsp3) is 0.833. The average molecular weight is 601 g/mol. The molecular weight excluding hydrogens is 582 g/mol. The van der Waals surface area contributed by atoms with E-state index in [9.17, 15) is 46.9 Å². The summed E-state index contributed by atoms with van der Waals surface area (Å²) in [5, 5.41) is 0. The van der Waals surface area contributed by atoms with Crippen LogP contribution in [-0.4, -0.2) is 102 Å². The zero-order chi connectivity index (χ0) is 30.2. The van der Waals surface area contributed by atoms with Crippen LogP contribution >= 0.6 is 0 Å². The summed E-state index contributed by atoms with van der Waals surface area (Å²) in [5.41, 5.74) is 4.85. The van der Waals surface area contributed by atoms with Crippen molar-refractivity contribution in [2.75, 3.05) is 6.61 Å². The Kier molecular flexibility index (Phi) is 7.88. The molecule has 22 nitrogen and oxygen atoms in total. The maximum atomic E-state index is 11.9. The van der Waals surface area contributed by atoms with Gasteiger partial charge in [-0.25, -0.2) is 20.9 Å². The molecule has 0 saturated carbocycles. The number of hydrogen-bond acceptors (Lipinski definition) is 21. The molecule has 0 radical (unpaired) electrons. The summed E-state index contributed by atoms with van der Waals surface area (Å²) >= 11 is 0. The number of rotatable bonds is 20. The summed E-state index contributed by atoms with van der Waals surface area (Å²) in [6.07, 6.45) is -13.2. The minimum Gasteiger partial charge on any atom is -0.367 e. The number of carbonyl (C=O) groups excluding carboxylic acids is 1. The van der Waals surface area contributed by atoms with Gasteiger partial charge in [-0.15, -0.1) is 0 Å². The van der Waals surface area contributed by atoms with Crippen molar-refractivity contribution in [2.24, 2.45) is 5.73 Å². The lowest BCUT2D eigenvalue weighted by Crippen LogP contribution is -2.56.